The van der Waals surface area contributed by atoms with Crippen molar-refractivity contribution >= 4 is 50.7 Å². The molecule has 1 N–H and O–H groups in total. The number of nitrogens with one attached hydrogen (secondary N) is 1. The lowest BCUT2D eigenvalue weighted by Crippen LogP contribution is -2.52. The molecule has 244 valence electrons. The third kappa shape index (κ3) is 10.6. The van der Waals surface area contributed by atoms with Crippen LogP contribution in [-0.2, 0) is 38.8 Å². The molecule has 0 fully saturated rings. The summed E-state index contributed by atoms with van der Waals surface area (Å²) in [5, 5.41) is 3.56. The minimum absolute atomic E-state index is 0.00453. The third-order valence-electron chi connectivity index (χ3n) is 7.22. The largest absolute Gasteiger partial charge is 0.416 e. The number of hydrogen-bond acceptors (Lipinski definition) is 4. The van der Waals surface area contributed by atoms with Crippen LogP contribution in [0.15, 0.2) is 72.8 Å². The summed E-state index contributed by atoms with van der Waals surface area (Å²) in [4.78, 5) is 29.0. The molecule has 0 saturated heterocycles. The first kappa shape index (κ1) is 36.2. The summed E-state index contributed by atoms with van der Waals surface area (Å²) in [6.07, 6.45) is -3.11. The SMILES string of the molecule is CC[C@H](C)NC(=O)[C@@H](Cc1ccccc1)N(Cc1ccc(Cl)c(Cl)c1)C(=O)CCCN(c1cccc(C(F)(F)F)c1)S(C)(=O)=O. The summed E-state index contributed by atoms with van der Waals surface area (Å²) in [6, 6.07) is 17.0. The number of sulfonamides is 1. The molecule has 0 aliphatic rings. The van der Waals surface area contributed by atoms with E-state index in [0.717, 1.165) is 34.3 Å². The zero-order valence-corrected chi connectivity index (χ0v) is 27.5. The van der Waals surface area contributed by atoms with Gasteiger partial charge < -0.3 is 10.2 Å². The fourth-order valence-corrected chi connectivity index (χ4v) is 5.95. The molecule has 0 bridgehead atoms. The smallest absolute Gasteiger partial charge is 0.352 e. The molecule has 3 rings (SSSR count). The van der Waals surface area contributed by atoms with Crippen LogP contribution >= 0.6 is 23.2 Å². The molecule has 0 aliphatic heterocycles. The van der Waals surface area contributed by atoms with Crippen molar-refractivity contribution in [3.05, 3.63) is 99.5 Å². The van der Waals surface area contributed by atoms with Crippen molar-refractivity contribution in [2.75, 3.05) is 17.1 Å². The zero-order valence-electron chi connectivity index (χ0n) is 25.2. The number of anilines is 1. The lowest BCUT2D eigenvalue weighted by Gasteiger charge is -2.33. The van der Waals surface area contributed by atoms with Crippen LogP contribution in [0, 0.1) is 0 Å². The van der Waals surface area contributed by atoms with E-state index in [0.29, 0.717) is 17.0 Å². The average molecular weight is 687 g/mol. The fraction of sp³-hybridized carbons (Fsp3) is 0.375. The Kier molecular flexibility index (Phi) is 12.7. The van der Waals surface area contributed by atoms with Crippen molar-refractivity contribution in [1.29, 1.82) is 0 Å². The molecular formula is C32H36Cl2F3N3O4S. The zero-order chi connectivity index (χ0) is 33.4. The Bertz CT molecular complexity index is 1570. The normalized spacial score (nSPS) is 13.2. The number of hydrogen-bond donors (Lipinski definition) is 1. The molecule has 13 heteroatoms. The molecule has 7 nitrogen and oxygen atoms in total. The number of amides is 2. The van der Waals surface area contributed by atoms with E-state index in [9.17, 15) is 31.2 Å². The molecular weight excluding hydrogens is 650 g/mol. The predicted molar refractivity (Wildman–Crippen MR) is 172 cm³/mol. The van der Waals surface area contributed by atoms with Gasteiger partial charge in [-0.25, -0.2) is 8.42 Å². The first-order chi connectivity index (χ1) is 21.1. The van der Waals surface area contributed by atoms with Crippen LogP contribution in [0.2, 0.25) is 10.0 Å². The molecule has 0 radical (unpaired) electrons. The number of halogens is 5. The van der Waals surface area contributed by atoms with Crippen LogP contribution < -0.4 is 9.62 Å². The van der Waals surface area contributed by atoms with E-state index < -0.39 is 33.7 Å². The number of carbonyl (C=O) groups is 2. The Labute approximate surface area is 272 Å². The molecule has 0 aromatic heterocycles. The molecule has 45 heavy (non-hydrogen) atoms. The summed E-state index contributed by atoms with van der Waals surface area (Å²) in [6.45, 7) is 3.53. The highest BCUT2D eigenvalue weighted by molar-refractivity contribution is 7.92. The Morgan fingerprint density at radius 2 is 1.62 bits per heavy atom. The maximum absolute atomic E-state index is 13.9. The topological polar surface area (TPSA) is 86.8 Å². The van der Waals surface area contributed by atoms with Gasteiger partial charge in [0.1, 0.15) is 6.04 Å². The molecule has 3 aromatic rings. The van der Waals surface area contributed by atoms with E-state index in [4.69, 9.17) is 23.2 Å². The lowest BCUT2D eigenvalue weighted by molar-refractivity contribution is -0.141. The van der Waals surface area contributed by atoms with E-state index in [2.05, 4.69) is 5.32 Å². The van der Waals surface area contributed by atoms with Crippen molar-refractivity contribution in [2.45, 2.75) is 64.3 Å². The minimum atomic E-state index is -4.66. The van der Waals surface area contributed by atoms with Gasteiger partial charge in [-0.15, -0.1) is 0 Å². The van der Waals surface area contributed by atoms with Gasteiger partial charge in [0, 0.05) is 32.0 Å². The van der Waals surface area contributed by atoms with Crippen molar-refractivity contribution in [3.8, 4) is 0 Å². The second-order valence-electron chi connectivity index (χ2n) is 10.8. The predicted octanol–water partition coefficient (Wildman–Crippen LogP) is 7.11. The number of nitrogens with zero attached hydrogens (tertiary/aromatic N) is 2. The van der Waals surface area contributed by atoms with Crippen LogP contribution in [-0.4, -0.2) is 50.0 Å². The van der Waals surface area contributed by atoms with E-state index in [-0.39, 0.29) is 55.0 Å². The second kappa shape index (κ2) is 15.8. The first-order valence-electron chi connectivity index (χ1n) is 14.3. The highest BCUT2D eigenvalue weighted by atomic mass is 35.5. The maximum atomic E-state index is 13.9. The van der Waals surface area contributed by atoms with Gasteiger partial charge in [-0.3, -0.25) is 13.9 Å². The van der Waals surface area contributed by atoms with E-state index in [1.54, 1.807) is 18.2 Å². The van der Waals surface area contributed by atoms with E-state index >= 15 is 0 Å². The summed E-state index contributed by atoms with van der Waals surface area (Å²) in [5.74, 6) is -0.804. The Morgan fingerprint density at radius 3 is 2.22 bits per heavy atom. The highest BCUT2D eigenvalue weighted by Crippen LogP contribution is 2.32. The van der Waals surface area contributed by atoms with E-state index in [1.807, 2.05) is 44.2 Å². The van der Waals surface area contributed by atoms with Crippen molar-refractivity contribution in [2.24, 2.45) is 0 Å². The summed E-state index contributed by atoms with van der Waals surface area (Å²) >= 11 is 12.3. The second-order valence-corrected chi connectivity index (χ2v) is 13.5. The van der Waals surface area contributed by atoms with Gasteiger partial charge in [-0.05, 0) is 61.2 Å². The van der Waals surface area contributed by atoms with Crippen LogP contribution in [0.25, 0.3) is 0 Å². The molecule has 0 aliphatic carbocycles. The van der Waals surface area contributed by atoms with E-state index in [1.165, 1.54) is 11.0 Å². The quantitative estimate of drug-likeness (QED) is 0.196. The monoisotopic (exact) mass is 685 g/mol. The number of alkyl halides is 3. The highest BCUT2D eigenvalue weighted by Gasteiger charge is 2.33. The third-order valence-corrected chi connectivity index (χ3v) is 9.16. The lowest BCUT2D eigenvalue weighted by atomic mass is 10.0. The number of carbonyl (C=O) groups excluding carboxylic acids is 2. The molecule has 2 atom stereocenters. The van der Waals surface area contributed by atoms with Crippen LogP contribution in [0.5, 0.6) is 0 Å². The van der Waals surface area contributed by atoms with Gasteiger partial charge in [0.25, 0.3) is 0 Å². The van der Waals surface area contributed by atoms with Crippen molar-refractivity contribution in [3.63, 3.8) is 0 Å². The number of rotatable bonds is 14. The molecule has 3 aromatic carbocycles. The van der Waals surface area contributed by atoms with Crippen LogP contribution in [0.1, 0.15) is 49.8 Å². The van der Waals surface area contributed by atoms with Gasteiger partial charge in [0.2, 0.25) is 21.8 Å². The van der Waals surface area contributed by atoms with Gasteiger partial charge in [-0.1, -0.05) is 72.6 Å². The maximum Gasteiger partial charge on any atom is 0.416 e. The average Bonchev–Trinajstić information content (AvgIpc) is 2.98. The van der Waals surface area contributed by atoms with Gasteiger partial charge in [0.05, 0.1) is 27.6 Å². The summed E-state index contributed by atoms with van der Waals surface area (Å²) in [7, 11) is -3.99. The van der Waals surface area contributed by atoms with Crippen LogP contribution in [0.3, 0.4) is 0 Å². The molecule has 2 amide bonds. The minimum Gasteiger partial charge on any atom is -0.352 e. The Balaban J connectivity index is 1.93. The van der Waals surface area contributed by atoms with Crippen molar-refractivity contribution < 1.29 is 31.2 Å². The number of benzene rings is 3. The molecule has 0 unspecified atom stereocenters. The molecule has 0 saturated carbocycles. The molecule has 0 heterocycles. The van der Waals surface area contributed by atoms with Gasteiger partial charge in [0.15, 0.2) is 0 Å². The van der Waals surface area contributed by atoms with Gasteiger partial charge >= 0.3 is 6.18 Å². The first-order valence-corrected chi connectivity index (χ1v) is 16.9. The standard InChI is InChI=1S/C32H36Cl2F3N3O4S/c1-4-22(2)38-31(42)29(19-23-10-6-5-7-11-23)39(21-24-15-16-27(33)28(34)18-24)30(41)14-9-17-40(45(3,43)44)26-13-8-12-25(20-26)32(35,36)37/h5-8,10-13,15-16,18,20,22,29H,4,9,14,17,19,21H2,1-3H3,(H,38,42)/t22-,29+/m0/s1. The van der Waals surface area contributed by atoms with Gasteiger partial charge in [-0.2, -0.15) is 13.2 Å². The summed E-state index contributed by atoms with van der Waals surface area (Å²) < 4.78 is 66.1. The fourth-order valence-electron chi connectivity index (χ4n) is 4.67. The molecule has 0 spiro atoms. The van der Waals surface area contributed by atoms with Crippen molar-refractivity contribution in [1.82, 2.24) is 10.2 Å². The Hall–Kier alpha value is -3.28. The Morgan fingerprint density at radius 1 is 0.933 bits per heavy atom. The summed E-state index contributed by atoms with van der Waals surface area (Å²) in [5.41, 5.74) is 0.284. The van der Waals surface area contributed by atoms with Crippen LogP contribution in [0.4, 0.5) is 18.9 Å².